The van der Waals surface area contributed by atoms with Crippen LogP contribution in [0.5, 0.6) is 0 Å². The highest BCUT2D eigenvalue weighted by atomic mass is 16.1. The number of hydrogen-bond donors (Lipinski definition) is 1. The van der Waals surface area contributed by atoms with Gasteiger partial charge < -0.3 is 9.72 Å². The third kappa shape index (κ3) is 3.56. The molecule has 2 heterocycles. The van der Waals surface area contributed by atoms with Crippen LogP contribution in [0.2, 0.25) is 0 Å². The van der Waals surface area contributed by atoms with E-state index in [0.29, 0.717) is 6.42 Å². The van der Waals surface area contributed by atoms with Crippen LogP contribution >= 0.6 is 0 Å². The smallest absolute Gasteiger partial charge is 0.226 e. The zero-order valence-corrected chi connectivity index (χ0v) is 11.6. The van der Waals surface area contributed by atoms with Crippen molar-refractivity contribution in [3.8, 4) is 0 Å². The minimum atomic E-state index is 0.0529. The third-order valence-electron chi connectivity index (χ3n) is 3.17. The van der Waals surface area contributed by atoms with Gasteiger partial charge in [0.1, 0.15) is 5.65 Å². The molecule has 1 N–H and O–H groups in total. The Morgan fingerprint density at radius 3 is 3.00 bits per heavy atom. The summed E-state index contributed by atoms with van der Waals surface area (Å²) < 4.78 is 1.97. The van der Waals surface area contributed by atoms with Crippen LogP contribution in [-0.2, 0) is 11.2 Å². The predicted octanol–water partition coefficient (Wildman–Crippen LogP) is 2.49. The molecule has 102 valence electrons. The van der Waals surface area contributed by atoms with Crippen LogP contribution in [-0.4, -0.2) is 21.8 Å². The number of unbranched alkanes of at least 4 members (excludes halogenated alkanes) is 2. The normalized spacial score (nSPS) is 10.8. The number of amides is 1. The van der Waals surface area contributed by atoms with E-state index in [4.69, 9.17) is 0 Å². The minimum absolute atomic E-state index is 0.0529. The van der Waals surface area contributed by atoms with E-state index in [1.54, 1.807) is 0 Å². The molecule has 19 heavy (non-hydrogen) atoms. The zero-order chi connectivity index (χ0) is 13.7. The second-order valence-corrected chi connectivity index (χ2v) is 4.89. The van der Waals surface area contributed by atoms with E-state index in [1.165, 1.54) is 6.42 Å². The van der Waals surface area contributed by atoms with Gasteiger partial charge in [-0.05, 0) is 25.0 Å². The number of nitrogens with one attached hydrogen (secondary N) is 1. The maximum Gasteiger partial charge on any atom is 0.226 e. The lowest BCUT2D eigenvalue weighted by Gasteiger charge is -2.02. The quantitative estimate of drug-likeness (QED) is 0.810. The molecule has 0 fully saturated rings. The molecule has 0 aliphatic rings. The van der Waals surface area contributed by atoms with Crippen molar-refractivity contribution < 1.29 is 4.79 Å². The Labute approximate surface area is 113 Å². The molecule has 2 rings (SSSR count). The van der Waals surface area contributed by atoms with Crippen molar-refractivity contribution >= 4 is 11.6 Å². The summed E-state index contributed by atoms with van der Waals surface area (Å²) >= 11 is 0. The first-order chi connectivity index (χ1) is 9.20. The van der Waals surface area contributed by atoms with Gasteiger partial charge in [0, 0.05) is 18.9 Å². The number of rotatable bonds is 6. The Kier molecular flexibility index (Phi) is 4.55. The Morgan fingerprint density at radius 1 is 1.42 bits per heavy atom. The lowest BCUT2D eigenvalue weighted by atomic mass is 10.2. The van der Waals surface area contributed by atoms with Gasteiger partial charge in [-0.1, -0.05) is 25.8 Å². The summed E-state index contributed by atoms with van der Waals surface area (Å²) in [6.45, 7) is 4.94. The maximum atomic E-state index is 11.8. The summed E-state index contributed by atoms with van der Waals surface area (Å²) in [5.41, 5.74) is 2.87. The highest BCUT2D eigenvalue weighted by Gasteiger charge is 2.08. The molecule has 0 aromatic carbocycles. The number of carbonyl (C=O) groups excluding carboxylic acids is 1. The van der Waals surface area contributed by atoms with Crippen molar-refractivity contribution in [2.24, 2.45) is 0 Å². The van der Waals surface area contributed by atoms with Crippen molar-refractivity contribution in [1.29, 1.82) is 0 Å². The number of imidazole rings is 1. The first kappa shape index (κ1) is 13.6. The fraction of sp³-hybridized carbons (Fsp3) is 0.467. The summed E-state index contributed by atoms with van der Waals surface area (Å²) in [5.74, 6) is 0.0529. The van der Waals surface area contributed by atoms with Crippen LogP contribution in [0.15, 0.2) is 24.5 Å². The van der Waals surface area contributed by atoms with Crippen LogP contribution in [0.1, 0.15) is 37.4 Å². The topological polar surface area (TPSA) is 46.4 Å². The number of nitrogens with zero attached hydrogens (tertiary/aromatic N) is 2. The van der Waals surface area contributed by atoms with E-state index in [9.17, 15) is 4.79 Å². The van der Waals surface area contributed by atoms with Crippen molar-refractivity contribution in [3.05, 3.63) is 35.8 Å². The molecular formula is C15H21N3O. The van der Waals surface area contributed by atoms with E-state index < -0.39 is 0 Å². The summed E-state index contributed by atoms with van der Waals surface area (Å²) in [4.78, 5) is 16.3. The Morgan fingerprint density at radius 2 is 2.26 bits per heavy atom. The first-order valence-electron chi connectivity index (χ1n) is 6.90. The molecule has 0 saturated heterocycles. The third-order valence-corrected chi connectivity index (χ3v) is 3.17. The fourth-order valence-corrected chi connectivity index (χ4v) is 2.12. The predicted molar refractivity (Wildman–Crippen MR) is 76.2 cm³/mol. The molecule has 2 aromatic heterocycles. The van der Waals surface area contributed by atoms with Crippen LogP contribution in [0, 0.1) is 6.92 Å². The van der Waals surface area contributed by atoms with Crippen LogP contribution in [0.25, 0.3) is 5.65 Å². The standard InChI is InChI=1S/C15H21N3O/c1-3-4-5-8-16-14(19)10-13-11-18-9-6-7-12(2)15(18)17-13/h6-7,9,11H,3-5,8,10H2,1-2H3,(H,16,19). The Balaban J connectivity index is 1.94. The molecule has 0 atom stereocenters. The average molecular weight is 259 g/mol. The molecule has 0 aliphatic carbocycles. The monoisotopic (exact) mass is 259 g/mol. The molecule has 4 heteroatoms. The summed E-state index contributed by atoms with van der Waals surface area (Å²) in [6.07, 6.45) is 7.61. The van der Waals surface area contributed by atoms with Gasteiger partial charge in [0.05, 0.1) is 12.1 Å². The molecule has 0 saturated carbocycles. The minimum Gasteiger partial charge on any atom is -0.356 e. The van der Waals surface area contributed by atoms with Gasteiger partial charge in [-0.2, -0.15) is 0 Å². The number of fused-ring (bicyclic) bond motifs is 1. The van der Waals surface area contributed by atoms with Crippen molar-refractivity contribution in [2.45, 2.75) is 39.5 Å². The molecule has 2 aromatic rings. The number of pyridine rings is 1. The molecule has 1 amide bonds. The summed E-state index contributed by atoms with van der Waals surface area (Å²) in [5, 5.41) is 2.94. The molecular weight excluding hydrogens is 238 g/mol. The van der Waals surface area contributed by atoms with Gasteiger partial charge in [-0.15, -0.1) is 0 Å². The average Bonchev–Trinajstić information content (AvgIpc) is 2.79. The molecule has 0 radical (unpaired) electrons. The van der Waals surface area contributed by atoms with E-state index in [0.717, 1.165) is 36.3 Å². The van der Waals surface area contributed by atoms with Crippen molar-refractivity contribution in [1.82, 2.24) is 14.7 Å². The van der Waals surface area contributed by atoms with Crippen LogP contribution in [0.3, 0.4) is 0 Å². The van der Waals surface area contributed by atoms with E-state index in [-0.39, 0.29) is 5.91 Å². The molecule has 0 bridgehead atoms. The summed E-state index contributed by atoms with van der Waals surface area (Å²) in [7, 11) is 0. The largest absolute Gasteiger partial charge is 0.356 e. The van der Waals surface area contributed by atoms with Crippen molar-refractivity contribution in [2.75, 3.05) is 6.54 Å². The molecule has 0 aliphatic heterocycles. The number of carbonyl (C=O) groups is 1. The number of aryl methyl sites for hydroxylation is 1. The second kappa shape index (κ2) is 6.36. The highest BCUT2D eigenvalue weighted by Crippen LogP contribution is 2.10. The molecule has 0 unspecified atom stereocenters. The fourth-order valence-electron chi connectivity index (χ4n) is 2.12. The van der Waals surface area contributed by atoms with Gasteiger partial charge in [-0.25, -0.2) is 4.98 Å². The maximum absolute atomic E-state index is 11.8. The Bertz CT molecular complexity index is 560. The summed E-state index contributed by atoms with van der Waals surface area (Å²) in [6, 6.07) is 4.01. The lowest BCUT2D eigenvalue weighted by Crippen LogP contribution is -2.26. The number of hydrogen-bond acceptors (Lipinski definition) is 2. The zero-order valence-electron chi connectivity index (χ0n) is 11.6. The molecule has 4 nitrogen and oxygen atoms in total. The van der Waals surface area contributed by atoms with Gasteiger partial charge in [0.15, 0.2) is 0 Å². The van der Waals surface area contributed by atoms with E-state index in [2.05, 4.69) is 17.2 Å². The highest BCUT2D eigenvalue weighted by molar-refractivity contribution is 5.78. The van der Waals surface area contributed by atoms with Gasteiger partial charge in [-0.3, -0.25) is 4.79 Å². The first-order valence-corrected chi connectivity index (χ1v) is 6.90. The Hall–Kier alpha value is -1.84. The van der Waals surface area contributed by atoms with E-state index >= 15 is 0 Å². The van der Waals surface area contributed by atoms with Crippen molar-refractivity contribution in [3.63, 3.8) is 0 Å². The number of aromatic nitrogens is 2. The van der Waals surface area contributed by atoms with Crippen LogP contribution < -0.4 is 5.32 Å². The van der Waals surface area contributed by atoms with Gasteiger partial charge in [0.2, 0.25) is 5.91 Å². The van der Waals surface area contributed by atoms with Gasteiger partial charge >= 0.3 is 0 Å². The SMILES string of the molecule is CCCCCNC(=O)Cc1cn2cccc(C)c2n1. The van der Waals surface area contributed by atoms with E-state index in [1.807, 2.05) is 35.9 Å². The van der Waals surface area contributed by atoms with Gasteiger partial charge in [0.25, 0.3) is 0 Å². The lowest BCUT2D eigenvalue weighted by molar-refractivity contribution is -0.120. The molecule has 0 spiro atoms. The second-order valence-electron chi connectivity index (χ2n) is 4.89. The van der Waals surface area contributed by atoms with Crippen LogP contribution in [0.4, 0.5) is 0 Å².